The fourth-order valence-electron chi connectivity index (χ4n) is 6.07. The average Bonchev–Trinajstić information content (AvgIpc) is 2.80. The van der Waals surface area contributed by atoms with Gasteiger partial charge in [-0.05, 0) is 87.0 Å². The Labute approximate surface area is 187 Å². The number of carbonyl (C=O) groups is 2. The summed E-state index contributed by atoms with van der Waals surface area (Å²) in [6.45, 7) is 6.66. The number of nitrogens with one attached hydrogen (secondary N) is 1. The van der Waals surface area contributed by atoms with E-state index < -0.39 is 0 Å². The Morgan fingerprint density at radius 1 is 1.16 bits per heavy atom. The number of benzene rings is 1. The van der Waals surface area contributed by atoms with Gasteiger partial charge in [-0.1, -0.05) is 24.3 Å². The lowest BCUT2D eigenvalue weighted by molar-refractivity contribution is -0.119. The van der Waals surface area contributed by atoms with Crippen LogP contribution in [0.3, 0.4) is 0 Å². The minimum absolute atomic E-state index is 0. The highest BCUT2D eigenvalue weighted by atomic mass is 16.5. The summed E-state index contributed by atoms with van der Waals surface area (Å²) in [5, 5.41) is 3.15. The lowest BCUT2D eigenvalue weighted by atomic mass is 9.63. The number of nitrogens with zero attached hydrogens (tertiary/aromatic N) is 2. The average molecular weight is 430 g/mol. The van der Waals surface area contributed by atoms with Crippen LogP contribution >= 0.6 is 0 Å². The molecule has 1 spiro atoms. The van der Waals surface area contributed by atoms with Crippen LogP contribution in [0.2, 0.25) is 0 Å². The van der Waals surface area contributed by atoms with Gasteiger partial charge in [0.1, 0.15) is 0 Å². The minimum atomic E-state index is -0.182. The number of methoxy groups -OCH3 is 1. The van der Waals surface area contributed by atoms with Gasteiger partial charge < -0.3 is 19.9 Å². The number of ether oxygens (including phenoxy) is 1. The van der Waals surface area contributed by atoms with Gasteiger partial charge in [-0.3, -0.25) is 4.79 Å². The summed E-state index contributed by atoms with van der Waals surface area (Å²) in [6, 6.07) is 8.91. The van der Waals surface area contributed by atoms with Crippen molar-refractivity contribution in [2.75, 3.05) is 39.8 Å². The van der Waals surface area contributed by atoms with Crippen molar-refractivity contribution in [2.45, 2.75) is 63.3 Å². The van der Waals surface area contributed by atoms with Crippen molar-refractivity contribution < 1.29 is 15.8 Å². The molecule has 2 heterocycles. The molecule has 1 aliphatic carbocycles. The van der Waals surface area contributed by atoms with E-state index in [0.717, 1.165) is 58.4 Å². The maximum absolute atomic E-state index is 11.8. The van der Waals surface area contributed by atoms with E-state index in [0.29, 0.717) is 5.92 Å². The monoisotopic (exact) mass is 429 g/mol. The Hall–Kier alpha value is -2.08. The number of piperidine rings is 2. The van der Waals surface area contributed by atoms with Gasteiger partial charge in [0.2, 0.25) is 5.91 Å². The van der Waals surface area contributed by atoms with Crippen LogP contribution in [-0.4, -0.2) is 61.6 Å². The van der Waals surface area contributed by atoms with Crippen molar-refractivity contribution in [1.29, 1.82) is 0 Å². The standard InChI is InChI=1S/C25H37N3O3.H2/c1-19(29)26-23-9-11-25(22-8-4-3-7-21(22)23)12-16-27(17-13-25)15-10-20-6-5-14-28(18-20)24(30)31-2;/h3-4,7-8,20,23H,5-6,9-18H2,1-2H3,(H,26,29);1H. The fourth-order valence-corrected chi connectivity index (χ4v) is 6.07. The molecule has 6 nitrogen and oxygen atoms in total. The predicted octanol–water partition coefficient (Wildman–Crippen LogP) is 4.11. The highest BCUT2D eigenvalue weighted by Crippen LogP contribution is 2.47. The van der Waals surface area contributed by atoms with Gasteiger partial charge in [0.25, 0.3) is 0 Å². The molecule has 2 saturated heterocycles. The molecular formula is C25H39N3O3. The second kappa shape index (κ2) is 9.60. The topological polar surface area (TPSA) is 61.9 Å². The molecule has 2 amide bonds. The summed E-state index contributed by atoms with van der Waals surface area (Å²) < 4.78 is 4.91. The Bertz CT molecular complexity index is 794. The van der Waals surface area contributed by atoms with E-state index in [1.165, 1.54) is 37.5 Å². The van der Waals surface area contributed by atoms with E-state index in [2.05, 4.69) is 34.5 Å². The number of rotatable bonds is 4. The molecule has 172 valence electrons. The largest absolute Gasteiger partial charge is 0.453 e. The van der Waals surface area contributed by atoms with Crippen LogP contribution < -0.4 is 5.32 Å². The van der Waals surface area contributed by atoms with Crippen molar-refractivity contribution in [1.82, 2.24) is 15.1 Å². The maximum atomic E-state index is 11.8. The van der Waals surface area contributed by atoms with Crippen LogP contribution in [0, 0.1) is 5.92 Å². The van der Waals surface area contributed by atoms with Gasteiger partial charge in [0.15, 0.2) is 0 Å². The number of fused-ring (bicyclic) bond motifs is 2. The van der Waals surface area contributed by atoms with E-state index in [1.807, 2.05) is 4.90 Å². The van der Waals surface area contributed by atoms with Crippen LogP contribution in [-0.2, 0) is 14.9 Å². The zero-order chi connectivity index (χ0) is 21.8. The lowest BCUT2D eigenvalue weighted by Gasteiger charge is -2.47. The van der Waals surface area contributed by atoms with Crippen LogP contribution in [0.5, 0.6) is 0 Å². The maximum Gasteiger partial charge on any atom is 0.409 e. The Kier molecular flexibility index (Phi) is 6.85. The molecule has 2 fully saturated rings. The summed E-state index contributed by atoms with van der Waals surface area (Å²) in [4.78, 5) is 28.0. The van der Waals surface area contributed by atoms with Crippen molar-refractivity contribution in [3.8, 4) is 0 Å². The molecule has 1 aromatic rings. The number of hydrogen-bond acceptors (Lipinski definition) is 4. The SMILES string of the molecule is COC(=O)N1CCCC(CCN2CCC3(CCC(NC(C)=O)c4ccccc43)CC2)C1.[HH]. The summed E-state index contributed by atoms with van der Waals surface area (Å²) in [6.07, 6.45) is 7.82. The third kappa shape index (κ3) is 4.89. The van der Waals surface area contributed by atoms with Crippen molar-refractivity contribution in [3.63, 3.8) is 0 Å². The first-order chi connectivity index (χ1) is 15.0. The lowest BCUT2D eigenvalue weighted by Crippen LogP contribution is -2.47. The zero-order valence-corrected chi connectivity index (χ0v) is 19.1. The highest BCUT2D eigenvalue weighted by molar-refractivity contribution is 5.73. The Balaban J connectivity index is 0.00000289. The first kappa shape index (κ1) is 22.1. The second-order valence-corrected chi connectivity index (χ2v) is 9.71. The molecule has 6 heteroatoms. The molecule has 3 aliphatic rings. The van der Waals surface area contributed by atoms with Gasteiger partial charge in [-0.15, -0.1) is 0 Å². The Morgan fingerprint density at radius 3 is 2.68 bits per heavy atom. The molecule has 2 atom stereocenters. The molecule has 1 aromatic carbocycles. The molecule has 0 aromatic heterocycles. The molecule has 4 rings (SSSR count). The van der Waals surface area contributed by atoms with E-state index >= 15 is 0 Å². The quantitative estimate of drug-likeness (QED) is 0.783. The first-order valence-corrected chi connectivity index (χ1v) is 11.9. The molecule has 1 N–H and O–H groups in total. The van der Waals surface area contributed by atoms with E-state index in [1.54, 1.807) is 6.92 Å². The summed E-state index contributed by atoms with van der Waals surface area (Å²) >= 11 is 0. The van der Waals surface area contributed by atoms with Crippen LogP contribution in [0.15, 0.2) is 24.3 Å². The smallest absolute Gasteiger partial charge is 0.409 e. The minimum Gasteiger partial charge on any atom is -0.453 e. The van der Waals surface area contributed by atoms with Crippen LogP contribution in [0.25, 0.3) is 0 Å². The molecule has 2 aliphatic heterocycles. The van der Waals surface area contributed by atoms with Crippen LogP contribution in [0.1, 0.15) is 70.5 Å². The zero-order valence-electron chi connectivity index (χ0n) is 19.1. The van der Waals surface area contributed by atoms with Gasteiger partial charge in [-0.2, -0.15) is 0 Å². The molecule has 0 bridgehead atoms. The number of hydrogen-bond donors (Lipinski definition) is 1. The van der Waals surface area contributed by atoms with Gasteiger partial charge in [-0.25, -0.2) is 4.79 Å². The third-order valence-corrected chi connectivity index (χ3v) is 7.82. The number of amides is 2. The normalized spacial score (nSPS) is 25.7. The summed E-state index contributed by atoms with van der Waals surface area (Å²) in [7, 11) is 1.47. The summed E-state index contributed by atoms with van der Waals surface area (Å²) in [5.41, 5.74) is 3.04. The van der Waals surface area contributed by atoms with E-state index in [-0.39, 0.29) is 24.9 Å². The van der Waals surface area contributed by atoms with E-state index in [4.69, 9.17) is 4.74 Å². The molecule has 0 saturated carbocycles. The summed E-state index contributed by atoms with van der Waals surface area (Å²) in [5.74, 6) is 0.636. The number of carbonyl (C=O) groups excluding carboxylic acids is 2. The highest BCUT2D eigenvalue weighted by Gasteiger charge is 2.42. The van der Waals surface area contributed by atoms with Gasteiger partial charge >= 0.3 is 6.09 Å². The predicted molar refractivity (Wildman–Crippen MR) is 123 cm³/mol. The van der Waals surface area contributed by atoms with Crippen LogP contribution in [0.4, 0.5) is 4.79 Å². The molecule has 31 heavy (non-hydrogen) atoms. The van der Waals surface area contributed by atoms with Crippen molar-refractivity contribution >= 4 is 12.0 Å². The second-order valence-electron chi connectivity index (χ2n) is 9.71. The van der Waals surface area contributed by atoms with Crippen molar-refractivity contribution in [2.24, 2.45) is 5.92 Å². The molecular weight excluding hydrogens is 390 g/mol. The molecule has 2 unspecified atom stereocenters. The third-order valence-electron chi connectivity index (χ3n) is 7.82. The van der Waals surface area contributed by atoms with Crippen molar-refractivity contribution in [3.05, 3.63) is 35.4 Å². The fraction of sp³-hybridized carbons (Fsp3) is 0.680. The van der Waals surface area contributed by atoms with E-state index in [9.17, 15) is 9.59 Å². The first-order valence-electron chi connectivity index (χ1n) is 11.9. The van der Waals surface area contributed by atoms with Gasteiger partial charge in [0, 0.05) is 21.4 Å². The number of likely N-dealkylation sites (tertiary alicyclic amines) is 2. The van der Waals surface area contributed by atoms with Gasteiger partial charge in [0.05, 0.1) is 13.2 Å². The molecule has 0 radical (unpaired) electrons. The Morgan fingerprint density at radius 2 is 1.94 bits per heavy atom.